The normalized spacial score (nSPS) is 11.3. The second-order valence-electron chi connectivity index (χ2n) is 5.23. The first-order valence-corrected chi connectivity index (χ1v) is 9.47. The van der Waals surface area contributed by atoms with Gasteiger partial charge >= 0.3 is 0 Å². The molecule has 0 saturated heterocycles. The summed E-state index contributed by atoms with van der Waals surface area (Å²) in [6.45, 7) is 8.91. The average Bonchev–Trinajstić information content (AvgIpc) is 2.56. The van der Waals surface area contributed by atoms with Crippen molar-refractivity contribution >= 4 is 41.7 Å². The summed E-state index contributed by atoms with van der Waals surface area (Å²) >= 11 is 1.69. The van der Waals surface area contributed by atoms with Gasteiger partial charge in [0.15, 0.2) is 5.96 Å². The topological polar surface area (TPSA) is 39.7 Å². The van der Waals surface area contributed by atoms with Gasteiger partial charge in [0.25, 0.3) is 0 Å². The summed E-state index contributed by atoms with van der Waals surface area (Å²) < 4.78 is 13.4. The maximum absolute atomic E-state index is 13.4. The highest BCUT2D eigenvalue weighted by Gasteiger charge is 2.06. The molecule has 0 saturated carbocycles. The summed E-state index contributed by atoms with van der Waals surface area (Å²) in [5.41, 5.74) is 2.14. The fourth-order valence-electron chi connectivity index (χ4n) is 2.33. The molecule has 0 fully saturated rings. The minimum absolute atomic E-state index is 0. The minimum Gasteiger partial charge on any atom is -0.355 e. The molecule has 0 heterocycles. The Morgan fingerprint density at radius 3 is 2.50 bits per heavy atom. The summed E-state index contributed by atoms with van der Waals surface area (Å²) in [5.74, 6) is 1.40. The van der Waals surface area contributed by atoms with E-state index in [0.717, 1.165) is 49.0 Å². The molecule has 0 aliphatic carbocycles. The van der Waals surface area contributed by atoms with Gasteiger partial charge in [0, 0.05) is 32.4 Å². The number of nitrogens with zero attached hydrogens (tertiary/aromatic N) is 2. The highest BCUT2D eigenvalue weighted by molar-refractivity contribution is 14.0. The van der Waals surface area contributed by atoms with Crippen LogP contribution in [0, 0.1) is 5.82 Å². The van der Waals surface area contributed by atoms with Gasteiger partial charge in [-0.05, 0) is 42.6 Å². The molecule has 0 unspecified atom stereocenters. The number of thioether (sulfide) groups is 1. The molecule has 7 heteroatoms. The number of hydrogen-bond donors (Lipinski definition) is 2. The lowest BCUT2D eigenvalue weighted by atomic mass is 10.1. The Morgan fingerprint density at radius 2 is 1.92 bits per heavy atom. The van der Waals surface area contributed by atoms with Crippen LogP contribution in [0.15, 0.2) is 23.2 Å². The summed E-state index contributed by atoms with van der Waals surface area (Å²) in [6, 6.07) is 4.97. The van der Waals surface area contributed by atoms with Crippen LogP contribution < -0.4 is 10.6 Å². The molecule has 2 N–H and O–H groups in total. The van der Waals surface area contributed by atoms with Crippen LogP contribution in [0.2, 0.25) is 0 Å². The van der Waals surface area contributed by atoms with Gasteiger partial charge in [0.2, 0.25) is 0 Å². The van der Waals surface area contributed by atoms with E-state index in [1.165, 1.54) is 6.07 Å². The molecule has 24 heavy (non-hydrogen) atoms. The maximum Gasteiger partial charge on any atom is 0.191 e. The van der Waals surface area contributed by atoms with E-state index in [-0.39, 0.29) is 29.8 Å². The van der Waals surface area contributed by atoms with Crippen molar-refractivity contribution in [2.24, 2.45) is 4.99 Å². The van der Waals surface area contributed by atoms with Crippen LogP contribution >= 0.6 is 35.7 Å². The van der Waals surface area contributed by atoms with E-state index in [0.29, 0.717) is 6.54 Å². The number of halogens is 2. The lowest BCUT2D eigenvalue weighted by Crippen LogP contribution is -2.41. The Labute approximate surface area is 167 Å². The van der Waals surface area contributed by atoms with E-state index in [2.05, 4.69) is 34.4 Å². The Bertz CT molecular complexity index is 495. The Kier molecular flexibility index (Phi) is 13.4. The van der Waals surface area contributed by atoms with Gasteiger partial charge < -0.3 is 15.5 Å². The number of rotatable bonds is 9. The highest BCUT2D eigenvalue weighted by Crippen LogP contribution is 2.16. The molecule has 0 aromatic heterocycles. The predicted octanol–water partition coefficient (Wildman–Crippen LogP) is 3.31. The predicted molar refractivity (Wildman–Crippen MR) is 115 cm³/mol. The lowest BCUT2D eigenvalue weighted by Gasteiger charge is -2.19. The van der Waals surface area contributed by atoms with Gasteiger partial charge in [-0.3, -0.25) is 4.99 Å². The van der Waals surface area contributed by atoms with Gasteiger partial charge in [-0.15, -0.1) is 24.0 Å². The second kappa shape index (κ2) is 13.7. The van der Waals surface area contributed by atoms with E-state index >= 15 is 0 Å². The zero-order chi connectivity index (χ0) is 17.1. The first-order chi connectivity index (χ1) is 11.1. The minimum atomic E-state index is -0.181. The van der Waals surface area contributed by atoms with Crippen molar-refractivity contribution in [1.82, 2.24) is 15.5 Å². The molecule has 0 spiro atoms. The highest BCUT2D eigenvalue weighted by atomic mass is 127. The molecule has 138 valence electrons. The van der Waals surface area contributed by atoms with E-state index in [9.17, 15) is 4.39 Å². The van der Waals surface area contributed by atoms with Crippen molar-refractivity contribution < 1.29 is 4.39 Å². The van der Waals surface area contributed by atoms with Gasteiger partial charge in [0.1, 0.15) is 5.82 Å². The third-order valence-electron chi connectivity index (χ3n) is 3.75. The van der Waals surface area contributed by atoms with Gasteiger partial charge in [-0.25, -0.2) is 4.39 Å². The van der Waals surface area contributed by atoms with Crippen LogP contribution in [0.5, 0.6) is 0 Å². The number of nitrogens with one attached hydrogen (secondary N) is 2. The summed E-state index contributed by atoms with van der Waals surface area (Å²) in [4.78, 5) is 6.60. The fourth-order valence-corrected chi connectivity index (χ4v) is 2.91. The summed E-state index contributed by atoms with van der Waals surface area (Å²) in [6.07, 6.45) is 2.02. The fraction of sp³-hybridized carbons (Fsp3) is 0.588. The summed E-state index contributed by atoms with van der Waals surface area (Å²) in [5, 5.41) is 6.62. The first kappa shape index (κ1) is 23.5. The third-order valence-corrected chi connectivity index (χ3v) is 4.35. The SMILES string of the molecule is CCN(CC)CCNC(=NC)NCc1ccc(F)cc1CSC.I. The molecule has 0 bridgehead atoms. The number of benzene rings is 1. The summed E-state index contributed by atoms with van der Waals surface area (Å²) in [7, 11) is 1.76. The number of guanidine groups is 1. The third kappa shape index (κ3) is 8.53. The van der Waals surface area contributed by atoms with Gasteiger partial charge in [-0.2, -0.15) is 11.8 Å². The molecule has 0 atom stereocenters. The van der Waals surface area contributed by atoms with E-state index < -0.39 is 0 Å². The van der Waals surface area contributed by atoms with Crippen LogP contribution in [0.4, 0.5) is 4.39 Å². The maximum atomic E-state index is 13.4. The van der Waals surface area contributed by atoms with Gasteiger partial charge in [0.05, 0.1) is 0 Å². The molecular formula is C17H30FIN4S. The second-order valence-corrected chi connectivity index (χ2v) is 6.09. The zero-order valence-electron chi connectivity index (χ0n) is 15.1. The number of likely N-dealkylation sites (N-methyl/N-ethyl adjacent to an activating group) is 1. The Hall–Kier alpha value is -0.540. The largest absolute Gasteiger partial charge is 0.355 e. The zero-order valence-corrected chi connectivity index (χ0v) is 18.2. The van der Waals surface area contributed by atoms with Crippen molar-refractivity contribution in [3.05, 3.63) is 35.1 Å². The van der Waals surface area contributed by atoms with Crippen molar-refractivity contribution in [2.75, 3.05) is 39.5 Å². The molecule has 1 aromatic carbocycles. The molecule has 0 amide bonds. The van der Waals surface area contributed by atoms with E-state index in [1.807, 2.05) is 12.3 Å². The number of hydrogen-bond acceptors (Lipinski definition) is 3. The number of aliphatic imine (C=N–C) groups is 1. The standard InChI is InChI=1S/C17H29FN4S.HI/c1-5-22(6-2)10-9-20-17(19-3)21-12-14-7-8-16(18)11-15(14)13-23-4;/h7-8,11H,5-6,9-10,12-13H2,1-4H3,(H2,19,20,21);1H. The first-order valence-electron chi connectivity index (χ1n) is 8.07. The monoisotopic (exact) mass is 468 g/mol. The van der Waals surface area contributed by atoms with Crippen LogP contribution in [-0.4, -0.2) is 50.3 Å². The molecule has 1 rings (SSSR count). The van der Waals surface area contributed by atoms with E-state index in [4.69, 9.17) is 0 Å². The molecule has 0 radical (unpaired) electrons. The quantitative estimate of drug-likeness (QED) is 0.332. The van der Waals surface area contributed by atoms with Crippen molar-refractivity contribution in [3.63, 3.8) is 0 Å². The smallest absolute Gasteiger partial charge is 0.191 e. The molecule has 4 nitrogen and oxygen atoms in total. The van der Waals surface area contributed by atoms with Crippen LogP contribution in [0.25, 0.3) is 0 Å². The van der Waals surface area contributed by atoms with Crippen LogP contribution in [0.3, 0.4) is 0 Å². The Balaban J connectivity index is 0.00000529. The molecule has 0 aliphatic heterocycles. The van der Waals surface area contributed by atoms with E-state index in [1.54, 1.807) is 24.9 Å². The average molecular weight is 468 g/mol. The van der Waals surface area contributed by atoms with Crippen LogP contribution in [-0.2, 0) is 12.3 Å². The lowest BCUT2D eigenvalue weighted by molar-refractivity contribution is 0.308. The van der Waals surface area contributed by atoms with Crippen molar-refractivity contribution in [1.29, 1.82) is 0 Å². The van der Waals surface area contributed by atoms with Crippen molar-refractivity contribution in [2.45, 2.75) is 26.1 Å². The molecule has 0 aliphatic rings. The van der Waals surface area contributed by atoms with Crippen LogP contribution in [0.1, 0.15) is 25.0 Å². The molecule has 1 aromatic rings. The van der Waals surface area contributed by atoms with Crippen molar-refractivity contribution in [3.8, 4) is 0 Å². The van der Waals surface area contributed by atoms with Gasteiger partial charge in [-0.1, -0.05) is 19.9 Å². The Morgan fingerprint density at radius 1 is 1.21 bits per heavy atom. The molecular weight excluding hydrogens is 438 g/mol.